The number of benzene rings is 1. The number of rotatable bonds is 13. The summed E-state index contributed by atoms with van der Waals surface area (Å²) in [6.45, 7) is 4.85. The van der Waals surface area contributed by atoms with Gasteiger partial charge in [-0.2, -0.15) is 8.42 Å². The van der Waals surface area contributed by atoms with E-state index in [4.69, 9.17) is 16.2 Å². The highest BCUT2D eigenvalue weighted by Crippen LogP contribution is 2.23. The smallest absolute Gasteiger partial charge is 0.398 e. The molecular formula is C43H63N11O18S. The van der Waals surface area contributed by atoms with E-state index in [0.717, 1.165) is 25.1 Å². The Morgan fingerprint density at radius 3 is 2.10 bits per heavy atom. The molecule has 1 aromatic carbocycles. The summed E-state index contributed by atoms with van der Waals surface area (Å²) >= 11 is 0. The maximum Gasteiger partial charge on any atom is 0.398 e. The molecule has 0 spiro atoms. The number of carbonyl (C=O) groups excluding carboxylic acids is 11. The molecule has 73 heavy (non-hydrogen) atoms. The van der Waals surface area contributed by atoms with E-state index in [1.165, 1.54) is 43.4 Å². The van der Waals surface area contributed by atoms with E-state index in [9.17, 15) is 75.9 Å². The van der Waals surface area contributed by atoms with Crippen LogP contribution >= 0.6 is 0 Å². The Kier molecular flexibility index (Phi) is 22.2. The van der Waals surface area contributed by atoms with Gasteiger partial charge in [0, 0.05) is 27.1 Å². The molecule has 0 aliphatic carbocycles. The van der Waals surface area contributed by atoms with E-state index in [-0.39, 0.29) is 49.5 Å². The summed E-state index contributed by atoms with van der Waals surface area (Å²) in [4.78, 5) is 151. The van der Waals surface area contributed by atoms with Gasteiger partial charge in [0.1, 0.15) is 41.7 Å². The molecule has 404 valence electrons. The third-order valence-electron chi connectivity index (χ3n) is 11.5. The number of aromatic hydroxyl groups is 1. The van der Waals surface area contributed by atoms with Gasteiger partial charge >= 0.3 is 16.4 Å². The highest BCUT2D eigenvalue weighted by atomic mass is 32.3. The Morgan fingerprint density at radius 1 is 0.890 bits per heavy atom. The minimum atomic E-state index is -5.76. The molecule has 3 rings (SSSR count). The second-order valence-corrected chi connectivity index (χ2v) is 18.5. The number of aliphatic hydroxyl groups excluding tert-OH is 1. The predicted molar refractivity (Wildman–Crippen MR) is 250 cm³/mol. The molecule has 12 amide bonds. The summed E-state index contributed by atoms with van der Waals surface area (Å²) in [7, 11) is -3.65. The molecule has 2 saturated heterocycles. The molecule has 9 atom stereocenters. The summed E-state index contributed by atoms with van der Waals surface area (Å²) < 4.78 is 43.6. The average molecular weight is 1050 g/mol. The summed E-state index contributed by atoms with van der Waals surface area (Å²) in [6, 6.07) is -6.90. The summed E-state index contributed by atoms with van der Waals surface area (Å²) in [5, 5.41) is 37.2. The number of nitrogens with two attached hydrogens (primary N) is 2. The molecular weight excluding hydrogens is 991 g/mol. The van der Waals surface area contributed by atoms with Gasteiger partial charge in [0.2, 0.25) is 41.4 Å². The number of nitrogens with one attached hydrogen (secondary N) is 7. The molecule has 1 aromatic rings. The second kappa shape index (κ2) is 27.0. The van der Waals surface area contributed by atoms with Crippen LogP contribution < -0.4 is 48.7 Å². The molecule has 2 heterocycles. The van der Waals surface area contributed by atoms with E-state index in [0.29, 0.717) is 4.90 Å². The first-order valence-electron chi connectivity index (χ1n) is 22.6. The van der Waals surface area contributed by atoms with Crippen LogP contribution in [0.25, 0.3) is 0 Å². The van der Waals surface area contributed by atoms with E-state index in [2.05, 4.69) is 30.8 Å². The minimum Gasteiger partial charge on any atom is -0.508 e. The van der Waals surface area contributed by atoms with Crippen LogP contribution in [0.1, 0.15) is 65.4 Å². The van der Waals surface area contributed by atoms with Gasteiger partial charge in [0.05, 0.1) is 25.1 Å². The Balaban J connectivity index is 2.29. The first-order valence-corrected chi connectivity index (χ1v) is 24.0. The molecule has 0 bridgehead atoms. The van der Waals surface area contributed by atoms with Crippen LogP contribution in [-0.4, -0.2) is 180 Å². The lowest BCUT2D eigenvalue weighted by Crippen LogP contribution is -2.65. The largest absolute Gasteiger partial charge is 0.508 e. The van der Waals surface area contributed by atoms with Gasteiger partial charge in [0.15, 0.2) is 12.2 Å². The lowest BCUT2D eigenvalue weighted by molar-refractivity contribution is -0.146. The molecule has 0 saturated carbocycles. The van der Waals surface area contributed by atoms with Crippen LogP contribution in [0.4, 0.5) is 4.79 Å². The van der Waals surface area contributed by atoms with Crippen molar-refractivity contribution in [1.29, 1.82) is 0 Å². The van der Waals surface area contributed by atoms with Gasteiger partial charge in [-0.1, -0.05) is 38.1 Å². The number of phenolic OH excluding ortho intramolecular Hbond substituents is 1. The fourth-order valence-electron chi connectivity index (χ4n) is 7.61. The van der Waals surface area contributed by atoms with E-state index in [1.807, 2.05) is 5.32 Å². The number of nitrogens with zero attached hydrogens (tertiary/aromatic N) is 2. The molecule has 30 heteroatoms. The molecule has 0 aromatic heterocycles. The standard InChI is InChI=1S/C43H63N11O18S/c1-7-23-41(65)53(5)19-30(57)50-32(34(72-73(68,69)70)40(64)52-43(45)67)38(62)51-31(21(4)71-6)42(66)54-16-10-12-27(54)37(61)49-25(17-22-11-8-9-13-28(22)55)35(59)48-26(18-29(44)56)36(60)47-24(15-14-20(2)3)33(58)39(63)46-23/h7-9,11,13,20-21,24-27,31-34,55,58H,10,12,14-19H2,1-6H3,(H2,44,56)(H,46,63)(H,47,60)(H,48,59)(H,49,61)(H,50,57)(H,51,62)(H,68,69,70)(H3,45,52,64,67)/b23-7-/t21-,24-,25+,26+,27+,31+,32-,33-,34+/m1/s1. The van der Waals surface area contributed by atoms with Crippen molar-refractivity contribution in [3.8, 4) is 5.75 Å². The van der Waals surface area contributed by atoms with Crippen LogP contribution in [0, 0.1) is 5.92 Å². The fourth-order valence-corrected chi connectivity index (χ4v) is 8.07. The zero-order valence-electron chi connectivity index (χ0n) is 40.7. The number of likely N-dealkylation sites (N-methyl/N-ethyl adjacent to an activating group) is 1. The Morgan fingerprint density at radius 2 is 1.52 bits per heavy atom. The van der Waals surface area contributed by atoms with Crippen molar-refractivity contribution < 1.29 is 84.8 Å². The van der Waals surface area contributed by atoms with Gasteiger partial charge < -0.3 is 68.1 Å². The van der Waals surface area contributed by atoms with Gasteiger partial charge in [-0.3, -0.25) is 57.8 Å². The van der Waals surface area contributed by atoms with Crippen molar-refractivity contribution in [3.63, 3.8) is 0 Å². The number of hydrogen-bond donors (Lipinski definition) is 12. The number of amides is 12. The minimum absolute atomic E-state index is 0.0671. The number of urea groups is 1. The number of methoxy groups -OCH3 is 1. The Hall–Kier alpha value is -7.28. The zero-order chi connectivity index (χ0) is 55.1. The zero-order valence-corrected chi connectivity index (χ0v) is 41.6. The first-order chi connectivity index (χ1) is 34.1. The van der Waals surface area contributed by atoms with Crippen molar-refractivity contribution in [2.45, 2.75) is 121 Å². The van der Waals surface area contributed by atoms with Crippen molar-refractivity contribution in [3.05, 3.63) is 41.6 Å². The SMILES string of the molecule is C/C=C1\NC(=O)[C@H](O)[C@@H](CCC(C)C)NC(=O)[C@H](CC(N)=O)NC(=O)[C@H](Cc2ccccc2O)NC(=O)[C@@H]2CCCN2C(=O)[C@H]([C@@H](C)OC)NC(=O)[C@@H]([C@H](OS(=O)(=O)O)C(=O)NC(N)=O)NC(=O)CN(C)C1=O. The fraction of sp³-hybridized carbons (Fsp3) is 0.558. The molecule has 0 unspecified atom stereocenters. The molecule has 2 fully saturated rings. The van der Waals surface area contributed by atoms with Gasteiger partial charge in [-0.15, -0.1) is 0 Å². The summed E-state index contributed by atoms with van der Waals surface area (Å²) in [5.74, 6) is -13.1. The third-order valence-corrected chi connectivity index (χ3v) is 11.9. The molecule has 2 aliphatic rings. The quantitative estimate of drug-likeness (QED) is 0.0650. The highest BCUT2D eigenvalue weighted by Gasteiger charge is 2.45. The number of allylic oxidation sites excluding steroid dienone is 1. The monoisotopic (exact) mass is 1050 g/mol. The van der Waals surface area contributed by atoms with Gasteiger partial charge in [-0.05, 0) is 57.1 Å². The van der Waals surface area contributed by atoms with Crippen LogP contribution in [-0.2, 0) is 73.7 Å². The van der Waals surface area contributed by atoms with Gasteiger partial charge in [-0.25, -0.2) is 8.98 Å². The topological polar surface area (TPSA) is 444 Å². The Bertz CT molecular complexity index is 2420. The van der Waals surface area contributed by atoms with E-state index in [1.54, 1.807) is 13.8 Å². The average Bonchev–Trinajstić information content (AvgIpc) is 3.81. The van der Waals surface area contributed by atoms with Gasteiger partial charge in [0.25, 0.3) is 17.7 Å². The summed E-state index contributed by atoms with van der Waals surface area (Å²) in [6.07, 6.45) is -6.41. The Labute approximate surface area is 419 Å². The maximum atomic E-state index is 14.5. The van der Waals surface area contributed by atoms with Crippen molar-refractivity contribution in [2.24, 2.45) is 17.4 Å². The lowest BCUT2D eigenvalue weighted by atomic mass is 9.98. The third kappa shape index (κ3) is 17.8. The molecule has 14 N–H and O–H groups in total. The number of ether oxygens (including phenoxy) is 1. The number of phenols is 1. The first kappa shape index (κ1) is 60.0. The second-order valence-electron chi connectivity index (χ2n) is 17.5. The number of aliphatic hydroxyl groups is 1. The molecule has 29 nitrogen and oxygen atoms in total. The van der Waals surface area contributed by atoms with Crippen molar-refractivity contribution in [2.75, 3.05) is 27.2 Å². The molecule has 2 aliphatic heterocycles. The maximum absolute atomic E-state index is 14.5. The predicted octanol–water partition coefficient (Wildman–Crippen LogP) is -5.07. The number of hydrogen-bond acceptors (Lipinski definition) is 17. The normalized spacial score (nSPS) is 25.2. The van der Waals surface area contributed by atoms with E-state index >= 15 is 0 Å². The van der Waals surface area contributed by atoms with Crippen LogP contribution in [0.2, 0.25) is 0 Å². The van der Waals surface area contributed by atoms with Crippen LogP contribution in [0.15, 0.2) is 36.0 Å². The molecule has 0 radical (unpaired) electrons. The van der Waals surface area contributed by atoms with Crippen LogP contribution in [0.5, 0.6) is 5.75 Å². The number of fused-ring (bicyclic) bond motifs is 1. The van der Waals surface area contributed by atoms with Crippen molar-refractivity contribution in [1.82, 2.24) is 47.0 Å². The number of para-hydroxylation sites is 1. The number of primary amides is 2. The number of imide groups is 1. The lowest BCUT2D eigenvalue weighted by Gasteiger charge is -2.33. The van der Waals surface area contributed by atoms with Crippen molar-refractivity contribution >= 4 is 75.5 Å². The summed E-state index contributed by atoms with van der Waals surface area (Å²) in [5.41, 5.74) is 10.1. The number of carbonyl (C=O) groups is 11. The van der Waals surface area contributed by atoms with E-state index < -0.39 is 155 Å². The van der Waals surface area contributed by atoms with Crippen LogP contribution in [0.3, 0.4) is 0 Å². The highest BCUT2D eigenvalue weighted by molar-refractivity contribution is 7.80.